The number of methoxy groups -OCH3 is 1. The molecular weight excluding hydrogens is 300 g/mol. The van der Waals surface area contributed by atoms with Gasteiger partial charge in [0.2, 0.25) is 0 Å². The van der Waals surface area contributed by atoms with Gasteiger partial charge in [-0.1, -0.05) is 30.2 Å². The molecule has 0 unspecified atom stereocenters. The van der Waals surface area contributed by atoms with Crippen molar-refractivity contribution in [2.75, 3.05) is 12.4 Å². The maximum absolute atomic E-state index is 12.7. The topological polar surface area (TPSA) is 51.2 Å². The van der Waals surface area contributed by atoms with Crippen LogP contribution in [0, 0.1) is 19.3 Å². The van der Waals surface area contributed by atoms with Crippen molar-refractivity contribution in [1.29, 1.82) is 0 Å². The zero-order valence-corrected chi connectivity index (χ0v) is 14.3. The third-order valence-electron chi connectivity index (χ3n) is 3.65. The fourth-order valence-electron chi connectivity index (χ4n) is 2.43. The minimum Gasteiger partial charge on any atom is -0.495 e. The van der Waals surface area contributed by atoms with Gasteiger partial charge < -0.3 is 10.1 Å². The Balaban J connectivity index is 2.43. The molecule has 2 rings (SSSR count). The largest absolute Gasteiger partial charge is 0.495 e. The summed E-state index contributed by atoms with van der Waals surface area (Å²) in [6, 6.07) is 9.57. The van der Waals surface area contributed by atoms with E-state index in [0.717, 1.165) is 16.6 Å². The van der Waals surface area contributed by atoms with Crippen LogP contribution in [0.15, 0.2) is 53.3 Å². The van der Waals surface area contributed by atoms with E-state index in [9.17, 15) is 4.79 Å². The molecule has 0 spiro atoms. The van der Waals surface area contributed by atoms with E-state index in [1.807, 2.05) is 37.3 Å². The predicted molar refractivity (Wildman–Crippen MR) is 97.4 cm³/mol. The Bertz CT molecular complexity index is 886. The Morgan fingerprint density at radius 3 is 2.71 bits per heavy atom. The molecule has 0 atom stereocenters. The van der Waals surface area contributed by atoms with Crippen molar-refractivity contribution in [1.82, 2.24) is 4.98 Å². The number of benzene rings is 1. The zero-order chi connectivity index (χ0) is 17.7. The lowest BCUT2D eigenvalue weighted by Crippen LogP contribution is -2.17. The van der Waals surface area contributed by atoms with E-state index in [2.05, 4.69) is 16.2 Å². The number of fused-ring (bicyclic) bond motifs is 1. The number of rotatable bonds is 4. The van der Waals surface area contributed by atoms with Crippen LogP contribution in [0.2, 0.25) is 0 Å². The van der Waals surface area contributed by atoms with E-state index in [1.165, 1.54) is 7.11 Å². The van der Waals surface area contributed by atoms with Gasteiger partial charge in [0.15, 0.2) is 0 Å². The van der Waals surface area contributed by atoms with Crippen LogP contribution < -0.4 is 5.32 Å². The normalized spacial score (nSPS) is 12.4. The molecule has 4 heteroatoms. The summed E-state index contributed by atoms with van der Waals surface area (Å²) in [5.74, 6) is 2.61. The summed E-state index contributed by atoms with van der Waals surface area (Å²) in [4.78, 5) is 17.2. The van der Waals surface area contributed by atoms with E-state index in [-0.39, 0.29) is 5.91 Å². The zero-order valence-electron chi connectivity index (χ0n) is 14.3. The Labute approximate surface area is 142 Å². The molecule has 0 saturated carbocycles. The number of allylic oxidation sites excluding steroid dienone is 2. The molecule has 1 N–H and O–H groups in total. The van der Waals surface area contributed by atoms with Crippen LogP contribution in [0.1, 0.15) is 19.5 Å². The molecule has 0 radical (unpaired) electrons. The first-order valence-electron chi connectivity index (χ1n) is 7.57. The molecule has 1 aromatic heterocycles. The first-order chi connectivity index (χ1) is 11.5. The van der Waals surface area contributed by atoms with Crippen LogP contribution in [-0.2, 0) is 9.53 Å². The van der Waals surface area contributed by atoms with Crippen LogP contribution >= 0.6 is 0 Å². The summed E-state index contributed by atoms with van der Waals surface area (Å²) in [5, 5.41) is 3.87. The third kappa shape index (κ3) is 3.47. The first kappa shape index (κ1) is 17.3. The van der Waals surface area contributed by atoms with E-state index in [1.54, 1.807) is 19.9 Å². The molecule has 122 valence electrons. The fraction of sp³-hybridized carbons (Fsp3) is 0.200. The van der Waals surface area contributed by atoms with Crippen LogP contribution in [0.3, 0.4) is 0 Å². The molecule has 0 bridgehead atoms. The highest BCUT2D eigenvalue weighted by Crippen LogP contribution is 2.24. The summed E-state index contributed by atoms with van der Waals surface area (Å²) in [7, 11) is 1.50. The molecule has 0 fully saturated rings. The molecule has 2 aromatic rings. The lowest BCUT2D eigenvalue weighted by Gasteiger charge is -2.13. The van der Waals surface area contributed by atoms with Crippen LogP contribution in [-0.4, -0.2) is 18.0 Å². The minimum atomic E-state index is -0.292. The molecular formula is C20H20N2O2. The van der Waals surface area contributed by atoms with E-state index >= 15 is 0 Å². The summed E-state index contributed by atoms with van der Waals surface area (Å²) < 4.78 is 5.31. The highest BCUT2D eigenvalue weighted by Gasteiger charge is 2.18. The molecule has 1 amide bonds. The number of aryl methyl sites for hydroxylation is 1. The second-order valence-electron chi connectivity index (χ2n) is 5.29. The van der Waals surface area contributed by atoms with Gasteiger partial charge in [0.05, 0.1) is 23.9 Å². The van der Waals surface area contributed by atoms with E-state index in [4.69, 9.17) is 11.2 Å². The smallest absolute Gasteiger partial charge is 0.259 e. The van der Waals surface area contributed by atoms with Gasteiger partial charge in [0, 0.05) is 16.7 Å². The van der Waals surface area contributed by atoms with Gasteiger partial charge in [0.25, 0.3) is 5.91 Å². The van der Waals surface area contributed by atoms with Crippen molar-refractivity contribution in [2.45, 2.75) is 20.8 Å². The molecule has 24 heavy (non-hydrogen) atoms. The van der Waals surface area contributed by atoms with Gasteiger partial charge in [-0.2, -0.15) is 0 Å². The average Bonchev–Trinajstić information content (AvgIpc) is 2.59. The van der Waals surface area contributed by atoms with Crippen molar-refractivity contribution in [3.05, 3.63) is 59.0 Å². The molecule has 0 aliphatic rings. The molecule has 0 aliphatic heterocycles. The Morgan fingerprint density at radius 2 is 2.08 bits per heavy atom. The fourth-order valence-corrected chi connectivity index (χ4v) is 2.43. The Morgan fingerprint density at radius 1 is 1.33 bits per heavy atom. The molecule has 0 aliphatic carbocycles. The maximum Gasteiger partial charge on any atom is 0.259 e. The van der Waals surface area contributed by atoms with Crippen molar-refractivity contribution in [3.8, 4) is 12.3 Å². The van der Waals surface area contributed by atoms with E-state index < -0.39 is 0 Å². The maximum atomic E-state index is 12.7. The number of hydrogen-bond acceptors (Lipinski definition) is 3. The molecule has 1 heterocycles. The second kappa shape index (κ2) is 7.47. The van der Waals surface area contributed by atoms with Gasteiger partial charge in [-0.15, -0.1) is 6.42 Å². The van der Waals surface area contributed by atoms with Crippen molar-refractivity contribution in [2.24, 2.45) is 0 Å². The monoisotopic (exact) mass is 320 g/mol. The number of carbonyl (C=O) groups excluding carboxylic acids is 1. The van der Waals surface area contributed by atoms with Gasteiger partial charge in [-0.25, -0.2) is 0 Å². The molecule has 1 aromatic carbocycles. The number of terminal acetylenes is 1. The Kier molecular flexibility index (Phi) is 5.39. The lowest BCUT2D eigenvalue weighted by atomic mass is 10.1. The standard InChI is InChI=1S/C20H20N2O2/c1-6-13(3)19(24-5)16(7-2)20(23)22-17-10-8-9-15-12-11-14(4)21-18(15)17/h1,7-12H,2-5H3,(H,22,23)/b16-7+,19-13+. The summed E-state index contributed by atoms with van der Waals surface area (Å²) in [6.45, 7) is 5.42. The highest BCUT2D eigenvalue weighted by atomic mass is 16.5. The second-order valence-corrected chi connectivity index (χ2v) is 5.29. The first-order valence-corrected chi connectivity index (χ1v) is 7.57. The number of aromatic nitrogens is 1. The number of nitrogens with zero attached hydrogens (tertiary/aromatic N) is 1. The van der Waals surface area contributed by atoms with Gasteiger partial charge >= 0.3 is 0 Å². The summed E-state index contributed by atoms with van der Waals surface area (Å²) in [5.41, 5.74) is 3.23. The number of carbonyl (C=O) groups is 1. The molecule has 0 saturated heterocycles. The summed E-state index contributed by atoms with van der Waals surface area (Å²) >= 11 is 0. The number of para-hydroxylation sites is 1. The van der Waals surface area contributed by atoms with Crippen LogP contribution in [0.5, 0.6) is 0 Å². The number of hydrogen-bond donors (Lipinski definition) is 1. The highest BCUT2D eigenvalue weighted by molar-refractivity contribution is 6.10. The van der Waals surface area contributed by atoms with Crippen LogP contribution in [0.25, 0.3) is 10.9 Å². The summed E-state index contributed by atoms with van der Waals surface area (Å²) in [6.07, 6.45) is 7.11. The van der Waals surface area contributed by atoms with Crippen molar-refractivity contribution < 1.29 is 9.53 Å². The minimum absolute atomic E-state index is 0.292. The quantitative estimate of drug-likeness (QED) is 0.401. The predicted octanol–water partition coefficient (Wildman–Crippen LogP) is 3.98. The average molecular weight is 320 g/mol. The van der Waals surface area contributed by atoms with Crippen LogP contribution in [0.4, 0.5) is 5.69 Å². The number of amides is 1. The lowest BCUT2D eigenvalue weighted by molar-refractivity contribution is -0.112. The van der Waals surface area contributed by atoms with Gasteiger partial charge in [-0.3, -0.25) is 9.78 Å². The van der Waals surface area contributed by atoms with E-state index in [0.29, 0.717) is 22.6 Å². The van der Waals surface area contributed by atoms with Crippen molar-refractivity contribution >= 4 is 22.5 Å². The Hall–Kier alpha value is -3.06. The SMILES string of the molecule is C#C/C(C)=C(OC)\C(=C/C)C(=O)Nc1cccc2ccc(C)nc12. The van der Waals surface area contributed by atoms with Gasteiger partial charge in [-0.05, 0) is 32.9 Å². The van der Waals surface area contributed by atoms with Crippen molar-refractivity contribution in [3.63, 3.8) is 0 Å². The third-order valence-corrected chi connectivity index (χ3v) is 3.65. The number of ether oxygens (including phenoxy) is 1. The number of pyridine rings is 1. The number of nitrogens with one attached hydrogen (secondary N) is 1. The van der Waals surface area contributed by atoms with Gasteiger partial charge in [0.1, 0.15) is 5.76 Å². The number of anilines is 1. The molecule has 4 nitrogen and oxygen atoms in total.